The molecule has 1 amide bonds. The van der Waals surface area contributed by atoms with E-state index in [1.807, 2.05) is 0 Å². The number of hydrogen-bond donors (Lipinski definition) is 2. The molecule has 0 radical (unpaired) electrons. The molecule has 0 heterocycles. The van der Waals surface area contributed by atoms with Crippen LogP contribution in [0.25, 0.3) is 0 Å². The number of primary amides is 1. The number of nitro benzene ring substituents is 1. The predicted molar refractivity (Wildman–Crippen MR) is 71.5 cm³/mol. The zero-order valence-electron chi connectivity index (χ0n) is 11.3. The van der Waals surface area contributed by atoms with Gasteiger partial charge in [-0.3, -0.25) is 14.9 Å². The van der Waals surface area contributed by atoms with Gasteiger partial charge in [0.05, 0.1) is 30.2 Å². The average molecular weight is 283 g/mol. The number of hydrogen-bond acceptors (Lipinski definition) is 6. The average Bonchev–Trinajstić information content (AvgIpc) is 2.38. The summed E-state index contributed by atoms with van der Waals surface area (Å²) in [5.74, 6) is -0.0628. The highest BCUT2D eigenvalue weighted by atomic mass is 16.6. The van der Waals surface area contributed by atoms with Crippen molar-refractivity contribution >= 4 is 11.6 Å². The Morgan fingerprint density at radius 1 is 1.45 bits per heavy atom. The molecule has 8 heteroatoms. The van der Waals surface area contributed by atoms with Gasteiger partial charge in [-0.05, 0) is 13.0 Å². The summed E-state index contributed by atoms with van der Waals surface area (Å²) in [6, 6.07) is 3.98. The molecule has 8 nitrogen and oxygen atoms in total. The minimum atomic E-state index is -1.17. The first kappa shape index (κ1) is 15.7. The van der Waals surface area contributed by atoms with E-state index in [0.29, 0.717) is 5.75 Å². The molecule has 1 aromatic rings. The number of amides is 1. The van der Waals surface area contributed by atoms with Gasteiger partial charge in [-0.1, -0.05) is 0 Å². The normalized spacial score (nSPS) is 13.3. The van der Waals surface area contributed by atoms with Gasteiger partial charge in [0.2, 0.25) is 5.91 Å². The van der Waals surface area contributed by atoms with Gasteiger partial charge in [0, 0.05) is 12.5 Å². The van der Waals surface area contributed by atoms with Crippen molar-refractivity contribution in [2.24, 2.45) is 11.5 Å². The Balaban J connectivity index is 2.74. The molecule has 1 aromatic carbocycles. The largest absolute Gasteiger partial charge is 0.493 e. The van der Waals surface area contributed by atoms with Gasteiger partial charge in [0.1, 0.15) is 0 Å². The highest BCUT2D eigenvalue weighted by molar-refractivity contribution is 5.83. The molecule has 1 unspecified atom stereocenters. The number of nitrogens with zero attached hydrogens (tertiary/aromatic N) is 1. The van der Waals surface area contributed by atoms with Gasteiger partial charge in [0.25, 0.3) is 5.69 Å². The molecule has 0 aliphatic carbocycles. The van der Waals surface area contributed by atoms with Gasteiger partial charge in [0.15, 0.2) is 11.5 Å². The van der Waals surface area contributed by atoms with Crippen molar-refractivity contribution in [1.29, 1.82) is 0 Å². The Morgan fingerprint density at radius 3 is 2.60 bits per heavy atom. The van der Waals surface area contributed by atoms with E-state index in [1.54, 1.807) is 0 Å². The Labute approximate surface area is 115 Å². The van der Waals surface area contributed by atoms with Crippen LogP contribution in [0.2, 0.25) is 0 Å². The zero-order valence-corrected chi connectivity index (χ0v) is 11.3. The van der Waals surface area contributed by atoms with Gasteiger partial charge in [-0.2, -0.15) is 0 Å². The second-order valence-corrected chi connectivity index (χ2v) is 4.47. The number of rotatable bonds is 7. The number of benzene rings is 1. The maximum Gasteiger partial charge on any atom is 0.273 e. The third-order valence-corrected chi connectivity index (χ3v) is 2.80. The Bertz CT molecular complexity index is 516. The van der Waals surface area contributed by atoms with E-state index in [0.717, 1.165) is 0 Å². The molecule has 20 heavy (non-hydrogen) atoms. The first-order valence-corrected chi connectivity index (χ1v) is 5.82. The summed E-state index contributed by atoms with van der Waals surface area (Å²) in [6.45, 7) is 1.63. The Morgan fingerprint density at radius 2 is 2.10 bits per heavy atom. The lowest BCUT2D eigenvalue weighted by atomic mass is 9.99. The minimum absolute atomic E-state index is 0.102. The summed E-state index contributed by atoms with van der Waals surface area (Å²) in [5, 5.41) is 10.6. The molecular formula is C12H17N3O5. The third kappa shape index (κ3) is 3.82. The number of carbonyl (C=O) groups excluding carboxylic acids is 1. The monoisotopic (exact) mass is 283 g/mol. The zero-order chi connectivity index (χ0) is 15.3. The van der Waals surface area contributed by atoms with E-state index in [-0.39, 0.29) is 24.5 Å². The second-order valence-electron chi connectivity index (χ2n) is 4.47. The van der Waals surface area contributed by atoms with E-state index in [2.05, 4.69) is 0 Å². The quantitative estimate of drug-likeness (QED) is 0.555. The molecule has 110 valence electrons. The molecule has 1 rings (SSSR count). The van der Waals surface area contributed by atoms with Gasteiger partial charge in [-0.25, -0.2) is 0 Å². The summed E-state index contributed by atoms with van der Waals surface area (Å²) in [7, 11) is 1.38. The van der Waals surface area contributed by atoms with Crippen LogP contribution in [0.4, 0.5) is 5.69 Å². The highest BCUT2D eigenvalue weighted by Gasteiger charge is 2.25. The van der Waals surface area contributed by atoms with E-state index in [1.165, 1.54) is 32.2 Å². The molecule has 0 aliphatic rings. The van der Waals surface area contributed by atoms with Crippen molar-refractivity contribution < 1.29 is 19.2 Å². The number of nitro groups is 1. The topological polar surface area (TPSA) is 131 Å². The molecule has 0 fully saturated rings. The van der Waals surface area contributed by atoms with Crippen molar-refractivity contribution in [2.75, 3.05) is 13.7 Å². The lowest BCUT2D eigenvalue weighted by Crippen LogP contribution is -2.50. The summed E-state index contributed by atoms with van der Waals surface area (Å²) < 4.78 is 10.4. The number of non-ortho nitro benzene ring substituents is 1. The fourth-order valence-corrected chi connectivity index (χ4v) is 1.39. The maximum atomic E-state index is 11.0. The van der Waals surface area contributed by atoms with Crippen LogP contribution in [0.5, 0.6) is 11.5 Å². The number of ether oxygens (including phenoxy) is 2. The van der Waals surface area contributed by atoms with Crippen LogP contribution in [0.1, 0.15) is 13.3 Å². The van der Waals surface area contributed by atoms with Crippen molar-refractivity contribution in [3.63, 3.8) is 0 Å². The molecule has 4 N–H and O–H groups in total. The van der Waals surface area contributed by atoms with Crippen LogP contribution in [-0.2, 0) is 4.79 Å². The molecular weight excluding hydrogens is 266 g/mol. The Kier molecular flexibility index (Phi) is 4.87. The van der Waals surface area contributed by atoms with E-state index in [9.17, 15) is 14.9 Å². The molecule has 0 saturated heterocycles. The molecule has 0 bridgehead atoms. The third-order valence-electron chi connectivity index (χ3n) is 2.80. The lowest BCUT2D eigenvalue weighted by molar-refractivity contribution is -0.385. The van der Waals surface area contributed by atoms with Crippen LogP contribution in [0, 0.1) is 10.1 Å². The van der Waals surface area contributed by atoms with Crippen LogP contribution in [0.3, 0.4) is 0 Å². The van der Waals surface area contributed by atoms with E-state index < -0.39 is 16.4 Å². The van der Waals surface area contributed by atoms with Crippen molar-refractivity contribution in [3.8, 4) is 11.5 Å². The summed E-state index contributed by atoms with van der Waals surface area (Å²) >= 11 is 0. The first-order valence-electron chi connectivity index (χ1n) is 5.82. The highest BCUT2D eigenvalue weighted by Crippen LogP contribution is 2.31. The van der Waals surface area contributed by atoms with Crippen LogP contribution >= 0.6 is 0 Å². The van der Waals surface area contributed by atoms with Gasteiger partial charge >= 0.3 is 0 Å². The number of nitrogens with two attached hydrogens (primary N) is 2. The summed E-state index contributed by atoms with van der Waals surface area (Å²) in [6.07, 6.45) is 0.211. The fraction of sp³-hybridized carbons (Fsp3) is 0.417. The van der Waals surface area contributed by atoms with Crippen molar-refractivity contribution in [1.82, 2.24) is 0 Å². The van der Waals surface area contributed by atoms with Crippen LogP contribution < -0.4 is 20.9 Å². The standard InChI is InChI=1S/C12H17N3O5/c1-12(14,11(13)16)5-6-20-9-4-3-8(15(17)18)7-10(9)19-2/h3-4,7H,5-6,14H2,1-2H3,(H2,13,16). The Hall–Kier alpha value is -2.35. The van der Waals surface area contributed by atoms with Crippen LogP contribution in [0.15, 0.2) is 18.2 Å². The van der Waals surface area contributed by atoms with Crippen LogP contribution in [-0.4, -0.2) is 30.1 Å². The maximum absolute atomic E-state index is 11.0. The van der Waals surface area contributed by atoms with E-state index in [4.69, 9.17) is 20.9 Å². The number of carbonyl (C=O) groups is 1. The lowest BCUT2D eigenvalue weighted by Gasteiger charge is -2.20. The molecule has 0 saturated carbocycles. The van der Waals surface area contributed by atoms with Crippen molar-refractivity contribution in [3.05, 3.63) is 28.3 Å². The fourth-order valence-electron chi connectivity index (χ4n) is 1.39. The SMILES string of the molecule is COc1cc([N+](=O)[O-])ccc1OCCC(C)(N)C(N)=O. The number of methoxy groups -OCH3 is 1. The molecule has 0 aromatic heterocycles. The smallest absolute Gasteiger partial charge is 0.273 e. The van der Waals surface area contributed by atoms with E-state index >= 15 is 0 Å². The molecule has 1 atom stereocenters. The minimum Gasteiger partial charge on any atom is -0.493 e. The van der Waals surface area contributed by atoms with Crippen molar-refractivity contribution in [2.45, 2.75) is 18.9 Å². The van der Waals surface area contributed by atoms with Gasteiger partial charge in [-0.15, -0.1) is 0 Å². The predicted octanol–water partition coefficient (Wildman–Crippen LogP) is 0.575. The summed E-state index contributed by atoms with van der Waals surface area (Å²) in [5.41, 5.74) is 9.55. The first-order chi connectivity index (χ1) is 9.27. The second kappa shape index (κ2) is 6.20. The molecule has 0 spiro atoms. The summed E-state index contributed by atoms with van der Waals surface area (Å²) in [4.78, 5) is 21.2. The van der Waals surface area contributed by atoms with Gasteiger partial charge < -0.3 is 20.9 Å². The molecule has 0 aliphatic heterocycles.